The zero-order valence-corrected chi connectivity index (χ0v) is 19.9. The number of carbonyl (C=O) groups excluding carboxylic acids is 1. The molecular formula is C25H41N3O3. The van der Waals surface area contributed by atoms with Crippen LogP contribution in [0.4, 0.5) is 0 Å². The summed E-state index contributed by atoms with van der Waals surface area (Å²) < 4.78 is 5.38. The lowest BCUT2D eigenvalue weighted by atomic mass is 9.88. The van der Waals surface area contributed by atoms with E-state index >= 15 is 0 Å². The van der Waals surface area contributed by atoms with Crippen LogP contribution in [-0.2, 0) is 27.2 Å². The first kappa shape index (κ1) is 25.1. The molecule has 2 aliphatic heterocycles. The van der Waals surface area contributed by atoms with E-state index in [1.54, 1.807) is 0 Å². The minimum Gasteiger partial charge on any atom is -0.379 e. The molecule has 6 nitrogen and oxygen atoms in total. The summed E-state index contributed by atoms with van der Waals surface area (Å²) in [7, 11) is 0. The summed E-state index contributed by atoms with van der Waals surface area (Å²) in [4.78, 5) is 20.1. The third-order valence-electron chi connectivity index (χ3n) is 5.29. The van der Waals surface area contributed by atoms with Crippen LogP contribution in [0.2, 0.25) is 0 Å². The number of benzene rings is 1. The quantitative estimate of drug-likeness (QED) is 0.688. The Morgan fingerprint density at radius 2 is 1.77 bits per heavy atom. The van der Waals surface area contributed by atoms with Crippen molar-refractivity contribution in [3.63, 3.8) is 0 Å². The number of aryl methyl sites for hydroxylation is 1. The summed E-state index contributed by atoms with van der Waals surface area (Å²) in [6.07, 6.45) is 5.09. The predicted octanol–water partition coefficient (Wildman–Crippen LogP) is 4.55. The van der Waals surface area contributed by atoms with E-state index in [2.05, 4.69) is 48.3 Å². The first-order valence-corrected chi connectivity index (χ1v) is 11.5. The number of rotatable bonds is 7. The molecule has 6 heteroatoms. The van der Waals surface area contributed by atoms with Crippen molar-refractivity contribution in [2.75, 3.05) is 32.8 Å². The Morgan fingerprint density at radius 3 is 2.35 bits per heavy atom. The second-order valence-corrected chi connectivity index (χ2v) is 8.75. The summed E-state index contributed by atoms with van der Waals surface area (Å²) in [6.45, 7) is 15.2. The van der Waals surface area contributed by atoms with Gasteiger partial charge < -0.3 is 9.57 Å². The molecule has 2 heterocycles. The smallest absolute Gasteiger partial charge is 0.231 e. The van der Waals surface area contributed by atoms with Gasteiger partial charge in [0, 0.05) is 26.4 Å². The molecule has 3 rings (SSSR count). The Labute approximate surface area is 189 Å². The SMILES string of the molecule is CC.CC(C)(C)C1=NOC(NC(=O)Cc2ccc(CCCN3CCOCC3)cc2)=CC1.[HH]. The van der Waals surface area contributed by atoms with Gasteiger partial charge in [0.05, 0.1) is 25.3 Å². The second-order valence-electron chi connectivity index (χ2n) is 8.75. The van der Waals surface area contributed by atoms with Crippen LogP contribution in [0, 0.1) is 5.41 Å². The molecule has 0 bridgehead atoms. The first-order valence-electron chi connectivity index (χ1n) is 11.5. The molecule has 31 heavy (non-hydrogen) atoms. The van der Waals surface area contributed by atoms with Gasteiger partial charge in [-0.25, -0.2) is 0 Å². The molecule has 0 aromatic heterocycles. The van der Waals surface area contributed by atoms with Crippen LogP contribution >= 0.6 is 0 Å². The van der Waals surface area contributed by atoms with Crippen LogP contribution < -0.4 is 5.32 Å². The number of nitrogens with zero attached hydrogens (tertiary/aromatic N) is 2. The lowest BCUT2D eigenvalue weighted by Gasteiger charge is -2.26. The highest BCUT2D eigenvalue weighted by Crippen LogP contribution is 2.22. The number of allylic oxidation sites excluding steroid dienone is 1. The number of ether oxygens (including phenoxy) is 1. The summed E-state index contributed by atoms with van der Waals surface area (Å²) in [5.74, 6) is 0.327. The van der Waals surface area contributed by atoms with Gasteiger partial charge in [-0.2, -0.15) is 0 Å². The monoisotopic (exact) mass is 431 g/mol. The molecule has 0 aliphatic carbocycles. The second kappa shape index (κ2) is 12.6. The van der Waals surface area contributed by atoms with Crippen LogP contribution in [-0.4, -0.2) is 49.4 Å². The average molecular weight is 432 g/mol. The van der Waals surface area contributed by atoms with Gasteiger partial charge in [-0.1, -0.05) is 64.0 Å². The van der Waals surface area contributed by atoms with Gasteiger partial charge in [0.2, 0.25) is 11.8 Å². The molecule has 2 aliphatic rings. The number of hydrogen-bond acceptors (Lipinski definition) is 5. The normalized spacial score (nSPS) is 16.9. The topological polar surface area (TPSA) is 63.2 Å². The Bertz CT molecular complexity index is 749. The Balaban J connectivity index is 0.00000166. The van der Waals surface area contributed by atoms with E-state index in [0.717, 1.165) is 57.0 Å². The fraction of sp³-hybridized carbons (Fsp3) is 0.600. The first-order chi connectivity index (χ1) is 14.9. The van der Waals surface area contributed by atoms with Gasteiger partial charge in [0.25, 0.3) is 0 Å². The third-order valence-corrected chi connectivity index (χ3v) is 5.29. The van der Waals surface area contributed by atoms with Crippen LogP contribution in [0.15, 0.2) is 41.4 Å². The molecule has 1 fully saturated rings. The summed E-state index contributed by atoms with van der Waals surface area (Å²) >= 11 is 0. The van der Waals surface area contributed by atoms with Crippen LogP contribution in [0.3, 0.4) is 0 Å². The molecule has 1 amide bonds. The molecule has 1 aromatic rings. The standard InChI is InChI=1S/C23H33N3O3.C2H6.H2/c1-23(2,3)20-10-11-22(29-25-20)24-21(27)17-19-8-6-18(7-9-19)5-4-12-26-13-15-28-16-14-26;1-2;/h6-9,11H,4-5,10,12-17H2,1-3H3,(H,24,27);1-2H3;1H. The summed E-state index contributed by atoms with van der Waals surface area (Å²) in [6, 6.07) is 8.32. The zero-order valence-electron chi connectivity index (χ0n) is 19.9. The number of morpholine rings is 1. The van der Waals surface area contributed by atoms with E-state index in [4.69, 9.17) is 9.57 Å². The Hall–Kier alpha value is -2.18. The van der Waals surface area contributed by atoms with Crippen molar-refractivity contribution in [2.45, 2.75) is 60.3 Å². The average Bonchev–Trinajstić information content (AvgIpc) is 2.77. The number of oxime groups is 1. The van der Waals surface area contributed by atoms with Gasteiger partial charge in [-0.15, -0.1) is 0 Å². The number of hydrogen-bond donors (Lipinski definition) is 1. The summed E-state index contributed by atoms with van der Waals surface area (Å²) in [5.41, 5.74) is 3.25. The molecular weight excluding hydrogens is 390 g/mol. The van der Waals surface area contributed by atoms with Gasteiger partial charge >= 0.3 is 0 Å². The number of nitrogens with one attached hydrogen (secondary N) is 1. The van der Waals surface area contributed by atoms with Gasteiger partial charge in [0.15, 0.2) is 0 Å². The highest BCUT2D eigenvalue weighted by molar-refractivity contribution is 5.90. The van der Waals surface area contributed by atoms with E-state index in [-0.39, 0.29) is 12.7 Å². The van der Waals surface area contributed by atoms with Crippen molar-refractivity contribution in [1.82, 2.24) is 10.2 Å². The molecule has 0 atom stereocenters. The fourth-order valence-electron chi connectivity index (χ4n) is 3.41. The number of carbonyl (C=O) groups is 1. The van der Waals surface area contributed by atoms with Gasteiger partial charge in [-0.05, 0) is 36.6 Å². The van der Waals surface area contributed by atoms with Crippen molar-refractivity contribution in [3.05, 3.63) is 47.4 Å². The molecule has 1 N–H and O–H groups in total. The van der Waals surface area contributed by atoms with E-state index in [0.29, 0.717) is 18.7 Å². The molecule has 174 valence electrons. The lowest BCUT2D eigenvalue weighted by Crippen LogP contribution is -2.36. The van der Waals surface area contributed by atoms with Gasteiger partial charge in [-0.3, -0.25) is 15.0 Å². The van der Waals surface area contributed by atoms with E-state index in [1.165, 1.54) is 5.56 Å². The molecule has 0 radical (unpaired) electrons. The van der Waals surface area contributed by atoms with Crippen molar-refractivity contribution < 1.29 is 15.8 Å². The Kier molecular flexibility index (Phi) is 10.2. The van der Waals surface area contributed by atoms with Crippen LogP contribution in [0.25, 0.3) is 0 Å². The van der Waals surface area contributed by atoms with Crippen LogP contribution in [0.1, 0.15) is 60.0 Å². The maximum Gasteiger partial charge on any atom is 0.231 e. The highest BCUT2D eigenvalue weighted by Gasteiger charge is 2.22. The molecule has 1 aromatic carbocycles. The molecule has 0 saturated carbocycles. The van der Waals surface area contributed by atoms with Crippen molar-refractivity contribution >= 4 is 11.6 Å². The van der Waals surface area contributed by atoms with E-state index in [1.807, 2.05) is 32.1 Å². The fourth-order valence-corrected chi connectivity index (χ4v) is 3.41. The molecule has 0 spiro atoms. The minimum atomic E-state index is -0.0919. The lowest BCUT2D eigenvalue weighted by molar-refractivity contribution is -0.120. The highest BCUT2D eigenvalue weighted by atomic mass is 16.6. The predicted molar refractivity (Wildman–Crippen MR) is 128 cm³/mol. The van der Waals surface area contributed by atoms with Crippen LogP contribution in [0.5, 0.6) is 0 Å². The largest absolute Gasteiger partial charge is 0.379 e. The number of amides is 1. The zero-order chi connectivity index (χ0) is 22.7. The van der Waals surface area contributed by atoms with Crippen molar-refractivity contribution in [2.24, 2.45) is 10.6 Å². The maximum atomic E-state index is 12.3. The van der Waals surface area contributed by atoms with E-state index < -0.39 is 0 Å². The molecule has 0 unspecified atom stereocenters. The van der Waals surface area contributed by atoms with E-state index in [9.17, 15) is 4.79 Å². The van der Waals surface area contributed by atoms with Crippen molar-refractivity contribution in [3.8, 4) is 0 Å². The van der Waals surface area contributed by atoms with Gasteiger partial charge in [0.1, 0.15) is 0 Å². The maximum absolute atomic E-state index is 12.3. The molecule has 1 saturated heterocycles. The van der Waals surface area contributed by atoms with Crippen molar-refractivity contribution in [1.29, 1.82) is 0 Å². The summed E-state index contributed by atoms with van der Waals surface area (Å²) in [5, 5.41) is 6.94. The third kappa shape index (κ3) is 8.83. The Morgan fingerprint density at radius 1 is 1.13 bits per heavy atom. The minimum absolute atomic E-state index is 0.